The molecule has 1 aliphatic heterocycles. The minimum absolute atomic E-state index is 1.03. The summed E-state index contributed by atoms with van der Waals surface area (Å²) >= 11 is 0. The highest BCUT2D eigenvalue weighted by Crippen LogP contribution is 2.32. The fourth-order valence-electron chi connectivity index (χ4n) is 2.50. The first-order chi connectivity index (χ1) is 8.93. The van der Waals surface area contributed by atoms with Crippen LogP contribution in [0.1, 0.15) is 5.56 Å². The summed E-state index contributed by atoms with van der Waals surface area (Å²) in [5.41, 5.74) is 7.55. The molecule has 0 unspecified atom stereocenters. The molecule has 0 spiro atoms. The van der Waals surface area contributed by atoms with Crippen LogP contribution in [0.25, 0.3) is 27.9 Å². The van der Waals surface area contributed by atoms with Gasteiger partial charge in [0.15, 0.2) is 0 Å². The molecule has 3 nitrogen and oxygen atoms in total. The number of nitrogens with one attached hydrogen (secondary N) is 2. The van der Waals surface area contributed by atoms with Crippen molar-refractivity contribution in [3.05, 3.63) is 48.0 Å². The van der Waals surface area contributed by atoms with Gasteiger partial charge in [0.2, 0.25) is 0 Å². The Bertz CT molecular complexity index is 809. The van der Waals surface area contributed by atoms with E-state index in [0.29, 0.717) is 0 Å². The van der Waals surface area contributed by atoms with Crippen molar-refractivity contribution in [1.82, 2.24) is 4.98 Å². The molecule has 2 aromatic carbocycles. The van der Waals surface area contributed by atoms with Gasteiger partial charge in [-0.15, -0.1) is 0 Å². The molecule has 1 aliphatic rings. The van der Waals surface area contributed by atoms with Crippen LogP contribution in [0, 0.1) is 0 Å². The maximum atomic E-state index is 4.10. The van der Waals surface area contributed by atoms with Crippen LogP contribution in [0.15, 0.2) is 47.6 Å². The Morgan fingerprint density at radius 2 is 1.89 bits per heavy atom. The van der Waals surface area contributed by atoms with E-state index in [1.807, 2.05) is 12.1 Å². The minimum Gasteiger partial charge on any atom is -0.354 e. The molecule has 2 N–H and O–H groups in total. The number of fused-ring (bicyclic) bond motifs is 5. The van der Waals surface area contributed by atoms with E-state index >= 15 is 0 Å². The maximum Gasteiger partial charge on any atom is 0.0655 e. The molecule has 4 rings (SSSR count). The van der Waals surface area contributed by atoms with Gasteiger partial charge in [0.25, 0.3) is 0 Å². The van der Waals surface area contributed by atoms with E-state index in [-0.39, 0.29) is 0 Å². The molecule has 3 aromatic rings. The van der Waals surface area contributed by atoms with Gasteiger partial charge in [-0.2, -0.15) is 5.10 Å². The monoisotopic (exact) mass is 233 g/mol. The molecule has 0 amide bonds. The lowest BCUT2D eigenvalue weighted by Crippen LogP contribution is -1.90. The average Bonchev–Trinajstić information content (AvgIpc) is 2.62. The fourth-order valence-corrected chi connectivity index (χ4v) is 2.50. The number of benzene rings is 2. The first kappa shape index (κ1) is 9.48. The second-order valence-electron chi connectivity index (χ2n) is 4.37. The van der Waals surface area contributed by atoms with Crippen LogP contribution >= 0.6 is 0 Å². The third kappa shape index (κ3) is 1.21. The van der Waals surface area contributed by atoms with Gasteiger partial charge in [0.1, 0.15) is 0 Å². The van der Waals surface area contributed by atoms with Gasteiger partial charge in [-0.3, -0.25) is 5.43 Å². The van der Waals surface area contributed by atoms with E-state index in [2.05, 4.69) is 51.9 Å². The molecule has 3 heteroatoms. The van der Waals surface area contributed by atoms with Crippen molar-refractivity contribution >= 4 is 39.8 Å². The van der Waals surface area contributed by atoms with Crippen LogP contribution in [-0.2, 0) is 0 Å². The summed E-state index contributed by atoms with van der Waals surface area (Å²) in [6, 6.07) is 12.6. The molecular weight excluding hydrogens is 222 g/mol. The molecule has 18 heavy (non-hydrogen) atoms. The molecule has 0 radical (unpaired) electrons. The Morgan fingerprint density at radius 1 is 0.944 bits per heavy atom. The average molecular weight is 233 g/mol. The minimum atomic E-state index is 1.03. The van der Waals surface area contributed by atoms with Crippen LogP contribution in [-0.4, -0.2) is 11.2 Å². The second kappa shape index (κ2) is 3.47. The third-order valence-electron chi connectivity index (χ3n) is 3.33. The summed E-state index contributed by atoms with van der Waals surface area (Å²) in [5.74, 6) is 0. The molecular formula is C15H11N3. The first-order valence-corrected chi connectivity index (χ1v) is 5.93. The van der Waals surface area contributed by atoms with Crippen LogP contribution in [0.5, 0.6) is 0 Å². The molecule has 0 fully saturated rings. The van der Waals surface area contributed by atoms with Crippen LogP contribution < -0.4 is 5.43 Å². The smallest absolute Gasteiger partial charge is 0.0655 e. The van der Waals surface area contributed by atoms with Crippen molar-refractivity contribution in [2.75, 3.05) is 5.43 Å². The van der Waals surface area contributed by atoms with Crippen LogP contribution in [0.4, 0.5) is 5.69 Å². The van der Waals surface area contributed by atoms with Gasteiger partial charge in [-0.1, -0.05) is 24.3 Å². The van der Waals surface area contributed by atoms with E-state index in [4.69, 9.17) is 0 Å². The van der Waals surface area contributed by atoms with Gasteiger partial charge < -0.3 is 4.98 Å². The van der Waals surface area contributed by atoms with Gasteiger partial charge in [-0.05, 0) is 24.3 Å². The highest BCUT2D eigenvalue weighted by molar-refractivity contribution is 6.11. The summed E-state index contributed by atoms with van der Waals surface area (Å²) in [6.07, 6.45) is 5.79. The van der Waals surface area contributed by atoms with E-state index in [9.17, 15) is 0 Å². The lowest BCUT2D eigenvalue weighted by atomic mass is 10.1. The van der Waals surface area contributed by atoms with Crippen molar-refractivity contribution in [3.8, 4) is 0 Å². The highest BCUT2D eigenvalue weighted by Gasteiger charge is 2.10. The van der Waals surface area contributed by atoms with Crippen molar-refractivity contribution in [2.24, 2.45) is 5.10 Å². The molecule has 86 valence electrons. The standard InChI is InChI=1S/C15H11N3/c1-2-6-13-10(4-1)11-7-8-14-12(15(11)17-13)5-3-9-16-18-14/h1-9,17-18H. The predicted molar refractivity (Wildman–Crippen MR) is 77.0 cm³/mol. The lowest BCUT2D eigenvalue weighted by molar-refractivity contribution is 1.36. The van der Waals surface area contributed by atoms with Crippen molar-refractivity contribution in [3.63, 3.8) is 0 Å². The number of rotatable bonds is 0. The van der Waals surface area contributed by atoms with Gasteiger partial charge in [0, 0.05) is 28.1 Å². The zero-order valence-electron chi connectivity index (χ0n) is 9.64. The second-order valence-corrected chi connectivity index (χ2v) is 4.37. The van der Waals surface area contributed by atoms with Crippen molar-refractivity contribution in [1.29, 1.82) is 0 Å². The summed E-state index contributed by atoms with van der Waals surface area (Å²) in [6.45, 7) is 0. The molecule has 0 atom stereocenters. The maximum absolute atomic E-state index is 4.10. The highest BCUT2D eigenvalue weighted by atomic mass is 15.3. The van der Waals surface area contributed by atoms with E-state index in [0.717, 1.165) is 16.8 Å². The van der Waals surface area contributed by atoms with Crippen molar-refractivity contribution in [2.45, 2.75) is 0 Å². The zero-order valence-corrected chi connectivity index (χ0v) is 9.64. The number of hydrogen-bond acceptors (Lipinski definition) is 2. The number of hydrogen-bond donors (Lipinski definition) is 2. The number of hydrazone groups is 1. The lowest BCUT2D eigenvalue weighted by Gasteiger charge is -2.04. The summed E-state index contributed by atoms with van der Waals surface area (Å²) in [7, 11) is 0. The topological polar surface area (TPSA) is 40.2 Å². The number of aromatic nitrogens is 1. The van der Waals surface area contributed by atoms with E-state index in [1.54, 1.807) is 6.21 Å². The van der Waals surface area contributed by atoms with Crippen LogP contribution in [0.3, 0.4) is 0 Å². The number of para-hydroxylation sites is 1. The third-order valence-corrected chi connectivity index (χ3v) is 3.33. The van der Waals surface area contributed by atoms with Gasteiger partial charge >= 0.3 is 0 Å². The molecule has 0 saturated carbocycles. The zero-order chi connectivity index (χ0) is 11.9. The number of aromatic amines is 1. The summed E-state index contributed by atoms with van der Waals surface area (Å²) in [5, 5.41) is 6.60. The number of nitrogens with zero attached hydrogens (tertiary/aromatic N) is 1. The van der Waals surface area contributed by atoms with Gasteiger partial charge in [0.05, 0.1) is 11.2 Å². The fraction of sp³-hybridized carbons (Fsp3) is 0. The van der Waals surface area contributed by atoms with E-state index in [1.165, 1.54) is 16.3 Å². The molecule has 0 bridgehead atoms. The predicted octanol–water partition coefficient (Wildman–Crippen LogP) is 3.75. The van der Waals surface area contributed by atoms with Gasteiger partial charge in [-0.25, -0.2) is 0 Å². The van der Waals surface area contributed by atoms with Crippen LogP contribution in [0.2, 0.25) is 0 Å². The molecule has 1 aromatic heterocycles. The van der Waals surface area contributed by atoms with E-state index < -0.39 is 0 Å². The Labute approximate surface area is 104 Å². The largest absolute Gasteiger partial charge is 0.354 e. The Morgan fingerprint density at radius 3 is 2.89 bits per heavy atom. The Hall–Kier alpha value is -2.55. The molecule has 2 heterocycles. The molecule has 0 aliphatic carbocycles. The Kier molecular flexibility index (Phi) is 1.83. The SMILES string of the molecule is C1=Cc2c(ccc3c2[nH]c2ccccc23)NN=C1. The number of anilines is 1. The van der Waals surface area contributed by atoms with Crippen molar-refractivity contribution < 1.29 is 0 Å². The quantitative estimate of drug-likeness (QED) is 0.610. The summed E-state index contributed by atoms with van der Waals surface area (Å²) < 4.78 is 0. The normalized spacial score (nSPS) is 13.6. The molecule has 0 saturated heterocycles. The first-order valence-electron chi connectivity index (χ1n) is 5.93. The number of H-pyrrole nitrogens is 1. The summed E-state index contributed by atoms with van der Waals surface area (Å²) in [4.78, 5) is 3.49. The number of allylic oxidation sites excluding steroid dienone is 1. The Balaban J connectivity index is 2.17.